The molecule has 4 heterocycles. The lowest BCUT2D eigenvalue weighted by molar-refractivity contribution is -0.137. The number of alkyl halides is 3. The smallest absolute Gasteiger partial charge is 0.350 e. The molecule has 1 aliphatic heterocycles. The highest BCUT2D eigenvalue weighted by Gasteiger charge is 2.32. The van der Waals surface area contributed by atoms with Crippen molar-refractivity contribution in [1.29, 1.82) is 0 Å². The van der Waals surface area contributed by atoms with Crippen molar-refractivity contribution >= 4 is 49.8 Å². The van der Waals surface area contributed by atoms with Crippen LogP contribution in [0.4, 0.5) is 24.9 Å². The van der Waals surface area contributed by atoms with Crippen molar-refractivity contribution in [3.63, 3.8) is 0 Å². The number of halogens is 4. The van der Waals surface area contributed by atoms with Crippen molar-refractivity contribution in [3.8, 4) is 11.3 Å². The minimum Gasteiger partial charge on any atom is -0.350 e. The Morgan fingerprint density at radius 3 is 2.70 bits per heavy atom. The molecule has 0 saturated carbocycles. The number of fused-ring (bicyclic) bond motifs is 2. The van der Waals surface area contributed by atoms with Gasteiger partial charge >= 0.3 is 6.18 Å². The van der Waals surface area contributed by atoms with Crippen LogP contribution in [0.3, 0.4) is 0 Å². The fraction of sp³-hybridized carbons (Fsp3) is 0.286. The third kappa shape index (κ3) is 5.82. The summed E-state index contributed by atoms with van der Waals surface area (Å²) in [6.07, 6.45) is 1.15. The van der Waals surface area contributed by atoms with Gasteiger partial charge in [-0.2, -0.15) is 18.3 Å². The molecule has 224 valence electrons. The molecule has 2 aromatic carbocycles. The highest BCUT2D eigenvalue weighted by atomic mass is 35.5. The van der Waals surface area contributed by atoms with Crippen molar-refractivity contribution in [3.05, 3.63) is 71.1 Å². The largest absolute Gasteiger partial charge is 0.416 e. The monoisotopic (exact) mass is 630 g/mol. The Bertz CT molecular complexity index is 1940. The Morgan fingerprint density at radius 1 is 1.14 bits per heavy atom. The summed E-state index contributed by atoms with van der Waals surface area (Å²) >= 11 is 5.95. The van der Waals surface area contributed by atoms with Crippen LogP contribution in [0.2, 0.25) is 5.02 Å². The maximum Gasteiger partial charge on any atom is 0.416 e. The minimum absolute atomic E-state index is 0.0648. The van der Waals surface area contributed by atoms with Gasteiger partial charge < -0.3 is 10.6 Å². The first kappa shape index (κ1) is 29.1. The lowest BCUT2D eigenvalue weighted by Gasteiger charge is -2.23. The van der Waals surface area contributed by atoms with Crippen LogP contribution in [-0.4, -0.2) is 52.1 Å². The number of aryl methyl sites for hydroxylation is 1. The van der Waals surface area contributed by atoms with Gasteiger partial charge in [0.25, 0.3) is 10.0 Å². The van der Waals surface area contributed by atoms with Gasteiger partial charge in [-0.1, -0.05) is 18.5 Å². The van der Waals surface area contributed by atoms with Gasteiger partial charge in [0.2, 0.25) is 5.95 Å². The third-order valence-electron chi connectivity index (χ3n) is 7.30. The summed E-state index contributed by atoms with van der Waals surface area (Å²) < 4.78 is 69.2. The van der Waals surface area contributed by atoms with Crippen LogP contribution < -0.4 is 15.4 Å². The van der Waals surface area contributed by atoms with Crippen LogP contribution in [0.25, 0.3) is 27.7 Å². The number of aromatic nitrogens is 5. The SMILES string of the molecule is CCc1cc(-c2ccc3c(NS(=O)(=O)c4ccc(C(F)(F)F)cc4Cl)ncnn23)cc2cnc(N[C@H]3CCCNC3)nc12. The van der Waals surface area contributed by atoms with Crippen molar-refractivity contribution < 1.29 is 21.6 Å². The van der Waals surface area contributed by atoms with Gasteiger partial charge in [0.15, 0.2) is 5.82 Å². The molecular formula is C28H26ClF3N8O2S. The van der Waals surface area contributed by atoms with E-state index in [1.165, 1.54) is 10.8 Å². The summed E-state index contributed by atoms with van der Waals surface area (Å²) in [5.41, 5.74) is 2.59. The number of piperidine rings is 1. The molecule has 5 aromatic rings. The average molecular weight is 631 g/mol. The average Bonchev–Trinajstić information content (AvgIpc) is 3.42. The van der Waals surface area contributed by atoms with Crippen LogP contribution in [0.1, 0.15) is 30.9 Å². The first-order chi connectivity index (χ1) is 20.5. The summed E-state index contributed by atoms with van der Waals surface area (Å²) in [6.45, 7) is 3.91. The van der Waals surface area contributed by atoms with Gasteiger partial charge in [0, 0.05) is 29.7 Å². The molecule has 1 atom stereocenters. The zero-order valence-electron chi connectivity index (χ0n) is 22.8. The van der Waals surface area contributed by atoms with Gasteiger partial charge in [-0.3, -0.25) is 4.72 Å². The number of nitrogens with zero attached hydrogens (tertiary/aromatic N) is 5. The third-order valence-corrected chi connectivity index (χ3v) is 9.12. The predicted molar refractivity (Wildman–Crippen MR) is 158 cm³/mol. The van der Waals surface area contributed by atoms with E-state index in [4.69, 9.17) is 16.6 Å². The lowest BCUT2D eigenvalue weighted by atomic mass is 10.0. The number of hydrogen-bond donors (Lipinski definition) is 3. The second-order valence-electron chi connectivity index (χ2n) is 10.2. The van der Waals surface area contributed by atoms with Gasteiger partial charge in [-0.15, -0.1) is 0 Å². The number of hydrogen-bond acceptors (Lipinski definition) is 8. The van der Waals surface area contributed by atoms with E-state index in [9.17, 15) is 21.6 Å². The summed E-state index contributed by atoms with van der Waals surface area (Å²) in [4.78, 5) is 12.9. The Hall–Kier alpha value is -4.01. The van der Waals surface area contributed by atoms with Crippen LogP contribution in [0.5, 0.6) is 0 Å². The molecule has 6 rings (SSSR count). The lowest BCUT2D eigenvalue weighted by Crippen LogP contribution is -2.38. The first-order valence-corrected chi connectivity index (χ1v) is 15.4. The summed E-state index contributed by atoms with van der Waals surface area (Å²) in [5.74, 6) is 0.513. The van der Waals surface area contributed by atoms with Gasteiger partial charge in [0.05, 0.1) is 21.8 Å². The van der Waals surface area contributed by atoms with E-state index >= 15 is 0 Å². The van der Waals surface area contributed by atoms with E-state index < -0.39 is 31.7 Å². The summed E-state index contributed by atoms with van der Waals surface area (Å²) in [7, 11) is -4.39. The molecule has 0 unspecified atom stereocenters. The fourth-order valence-corrected chi connectivity index (χ4v) is 6.74. The minimum atomic E-state index is -4.67. The summed E-state index contributed by atoms with van der Waals surface area (Å²) in [6, 6.07) is 9.69. The Labute approximate surface area is 249 Å². The molecule has 0 spiro atoms. The second-order valence-corrected chi connectivity index (χ2v) is 12.2. The molecule has 0 amide bonds. The molecule has 3 aromatic heterocycles. The predicted octanol–water partition coefficient (Wildman–Crippen LogP) is 5.54. The van der Waals surface area contributed by atoms with Gasteiger partial charge in [-0.05, 0) is 73.8 Å². The van der Waals surface area contributed by atoms with E-state index in [1.807, 2.05) is 19.1 Å². The number of sulfonamides is 1. The molecular weight excluding hydrogens is 605 g/mol. The molecule has 10 nitrogen and oxygen atoms in total. The van der Waals surface area contributed by atoms with Crippen molar-refractivity contribution in [2.24, 2.45) is 0 Å². The molecule has 43 heavy (non-hydrogen) atoms. The second kappa shape index (κ2) is 11.2. The number of benzene rings is 2. The van der Waals surface area contributed by atoms with Crippen molar-refractivity contribution in [2.75, 3.05) is 23.1 Å². The van der Waals surface area contributed by atoms with E-state index in [0.29, 0.717) is 35.7 Å². The van der Waals surface area contributed by atoms with Crippen LogP contribution in [-0.2, 0) is 22.6 Å². The molecule has 0 radical (unpaired) electrons. The molecule has 15 heteroatoms. The van der Waals surface area contributed by atoms with E-state index in [1.54, 1.807) is 18.3 Å². The first-order valence-electron chi connectivity index (χ1n) is 13.5. The van der Waals surface area contributed by atoms with Crippen LogP contribution in [0.15, 0.2) is 59.9 Å². The summed E-state index contributed by atoms with van der Waals surface area (Å²) in [5, 5.41) is 11.4. The maximum atomic E-state index is 13.1. The number of rotatable bonds is 7. The molecule has 3 N–H and O–H groups in total. The molecule has 1 aliphatic rings. The zero-order valence-corrected chi connectivity index (χ0v) is 24.4. The Morgan fingerprint density at radius 2 is 1.98 bits per heavy atom. The normalized spacial score (nSPS) is 16.1. The quantitative estimate of drug-likeness (QED) is 0.214. The van der Waals surface area contributed by atoms with Gasteiger partial charge in [-0.25, -0.2) is 27.9 Å². The molecule has 0 aliphatic carbocycles. The Kier molecular flexibility index (Phi) is 7.60. The zero-order chi connectivity index (χ0) is 30.4. The topological polar surface area (TPSA) is 126 Å². The number of nitrogens with one attached hydrogen (secondary N) is 3. The number of anilines is 2. The highest BCUT2D eigenvalue weighted by Crippen LogP contribution is 2.35. The maximum absolute atomic E-state index is 13.1. The standard InChI is InChI=1S/C28H26ClF3N8O2S/c1-2-16-10-17(11-18-13-34-27(38-25(16)18)37-20-4-3-9-33-14-20)22-6-7-23-26(35-15-36-40(22)23)39-43(41,42)24-8-5-19(12-21(24)29)28(30,31)32/h5-8,10-13,15,20,33H,2-4,9,14H2,1H3,(H,34,37,38)(H,35,36,39)/t20-/m0/s1. The van der Waals surface area contributed by atoms with Gasteiger partial charge in [0.1, 0.15) is 16.7 Å². The molecule has 1 saturated heterocycles. The molecule has 0 bridgehead atoms. The van der Waals surface area contributed by atoms with E-state index in [0.717, 1.165) is 54.0 Å². The van der Waals surface area contributed by atoms with Crippen molar-refractivity contribution in [2.45, 2.75) is 43.3 Å². The van der Waals surface area contributed by atoms with Crippen molar-refractivity contribution in [1.82, 2.24) is 29.9 Å². The fourth-order valence-electron chi connectivity index (χ4n) is 5.17. The Balaban J connectivity index is 1.33. The van der Waals surface area contributed by atoms with E-state index in [-0.39, 0.29) is 11.9 Å². The van der Waals surface area contributed by atoms with E-state index in [2.05, 4.69) is 30.4 Å². The van der Waals surface area contributed by atoms with Crippen LogP contribution >= 0.6 is 11.6 Å². The highest BCUT2D eigenvalue weighted by molar-refractivity contribution is 7.92. The molecule has 1 fully saturated rings. The van der Waals surface area contributed by atoms with Crippen LogP contribution in [0, 0.1) is 0 Å².